The Morgan fingerprint density at radius 2 is 2.16 bits per heavy atom. The highest BCUT2D eigenvalue weighted by molar-refractivity contribution is 9.10. The van der Waals surface area contributed by atoms with Gasteiger partial charge in [-0.1, -0.05) is 6.92 Å². The van der Waals surface area contributed by atoms with Gasteiger partial charge in [-0.3, -0.25) is 4.68 Å². The van der Waals surface area contributed by atoms with Crippen LogP contribution in [0.4, 0.5) is 0 Å². The normalized spacial score (nSPS) is 18.7. The lowest BCUT2D eigenvalue weighted by Gasteiger charge is -2.22. The minimum Gasteiger partial charge on any atom is -0.387 e. The number of rotatable bonds is 5. The fourth-order valence-corrected chi connectivity index (χ4v) is 3.60. The zero-order valence-corrected chi connectivity index (χ0v) is 13.3. The highest BCUT2D eigenvalue weighted by Crippen LogP contribution is 2.31. The third-order valence-corrected chi connectivity index (χ3v) is 4.83. The lowest BCUT2D eigenvalue weighted by molar-refractivity contribution is 0.0564. The van der Waals surface area contributed by atoms with E-state index in [2.05, 4.69) is 28.0 Å². The number of halogens is 1. The largest absolute Gasteiger partial charge is 0.387 e. The van der Waals surface area contributed by atoms with Gasteiger partial charge in [-0.25, -0.2) is 0 Å². The summed E-state index contributed by atoms with van der Waals surface area (Å²) in [5.74, 6) is 0.691. The minimum atomic E-state index is -0.469. The van der Waals surface area contributed by atoms with Crippen molar-refractivity contribution in [1.29, 1.82) is 0 Å². The van der Waals surface area contributed by atoms with Crippen molar-refractivity contribution in [2.24, 2.45) is 13.0 Å². The van der Waals surface area contributed by atoms with Crippen LogP contribution < -0.4 is 0 Å². The smallest absolute Gasteiger partial charge is 0.105 e. The molecule has 0 radical (unpaired) electrons. The van der Waals surface area contributed by atoms with Gasteiger partial charge >= 0.3 is 0 Å². The molecule has 0 aliphatic carbocycles. The van der Waals surface area contributed by atoms with E-state index in [1.807, 2.05) is 11.7 Å². The molecule has 1 unspecified atom stereocenters. The van der Waals surface area contributed by atoms with Crippen molar-refractivity contribution >= 4 is 15.9 Å². The van der Waals surface area contributed by atoms with Gasteiger partial charge in [0.1, 0.15) is 5.69 Å². The molecule has 5 heteroatoms. The Morgan fingerprint density at radius 3 is 2.74 bits per heavy atom. The van der Waals surface area contributed by atoms with E-state index in [9.17, 15) is 5.11 Å². The van der Waals surface area contributed by atoms with E-state index in [0.717, 1.165) is 61.2 Å². The average molecular weight is 331 g/mol. The highest BCUT2D eigenvalue weighted by Gasteiger charge is 2.21. The summed E-state index contributed by atoms with van der Waals surface area (Å²) in [5, 5.41) is 14.8. The number of ether oxygens (including phenoxy) is 1. The molecule has 0 spiro atoms. The lowest BCUT2D eigenvalue weighted by Crippen LogP contribution is -2.16. The Kier molecular flexibility index (Phi) is 5.42. The topological polar surface area (TPSA) is 47.3 Å². The maximum atomic E-state index is 10.3. The molecular formula is C14H23BrN2O2. The number of hydrogen-bond donors (Lipinski definition) is 1. The van der Waals surface area contributed by atoms with Crippen molar-refractivity contribution in [2.75, 3.05) is 13.2 Å². The third-order valence-electron chi connectivity index (χ3n) is 3.97. The quantitative estimate of drug-likeness (QED) is 0.902. The van der Waals surface area contributed by atoms with Gasteiger partial charge in [0.25, 0.3) is 0 Å². The van der Waals surface area contributed by atoms with Gasteiger partial charge < -0.3 is 9.84 Å². The molecule has 1 aliphatic heterocycles. The van der Waals surface area contributed by atoms with Gasteiger partial charge in [0.15, 0.2) is 0 Å². The van der Waals surface area contributed by atoms with Gasteiger partial charge in [0.05, 0.1) is 16.3 Å². The molecule has 1 aliphatic rings. The second kappa shape index (κ2) is 6.86. The lowest BCUT2D eigenvalue weighted by atomic mass is 9.93. The summed E-state index contributed by atoms with van der Waals surface area (Å²) < 4.78 is 8.19. The molecule has 1 N–H and O–H groups in total. The van der Waals surface area contributed by atoms with Gasteiger partial charge in [0, 0.05) is 20.3 Å². The van der Waals surface area contributed by atoms with Crippen LogP contribution in [-0.4, -0.2) is 28.1 Å². The first-order valence-corrected chi connectivity index (χ1v) is 7.89. The van der Waals surface area contributed by atoms with Crippen molar-refractivity contribution in [3.05, 3.63) is 15.9 Å². The number of aromatic nitrogens is 2. The minimum absolute atomic E-state index is 0.469. The van der Waals surface area contributed by atoms with Crippen molar-refractivity contribution in [3.63, 3.8) is 0 Å². The molecule has 1 saturated heterocycles. The van der Waals surface area contributed by atoms with Gasteiger partial charge in [-0.15, -0.1) is 0 Å². The Labute approximate surface area is 123 Å². The average Bonchev–Trinajstić information content (AvgIpc) is 2.72. The molecule has 108 valence electrons. The molecule has 0 saturated carbocycles. The van der Waals surface area contributed by atoms with Crippen LogP contribution in [0.1, 0.15) is 50.1 Å². The first kappa shape index (κ1) is 15.0. The van der Waals surface area contributed by atoms with Gasteiger partial charge in [-0.05, 0) is 54.0 Å². The van der Waals surface area contributed by atoms with Crippen molar-refractivity contribution in [1.82, 2.24) is 9.78 Å². The highest BCUT2D eigenvalue weighted by atomic mass is 79.9. The standard InChI is InChI=1S/C14H23BrN2O2/c1-3-11-13(15)14(16-17(11)2)12(18)5-4-10-6-8-19-9-7-10/h10,12,18H,3-9H2,1-2H3. The Morgan fingerprint density at radius 1 is 1.47 bits per heavy atom. The monoisotopic (exact) mass is 330 g/mol. The number of hydrogen-bond acceptors (Lipinski definition) is 3. The second-order valence-corrected chi connectivity index (χ2v) is 6.06. The van der Waals surface area contributed by atoms with Crippen molar-refractivity contribution in [2.45, 2.75) is 45.1 Å². The summed E-state index contributed by atoms with van der Waals surface area (Å²) in [5.41, 5.74) is 1.92. The number of aliphatic hydroxyl groups excluding tert-OH is 1. The van der Waals surface area contributed by atoms with Crippen LogP contribution in [0.5, 0.6) is 0 Å². The predicted octanol–water partition coefficient (Wildman–Crippen LogP) is 2.99. The van der Waals surface area contributed by atoms with E-state index in [-0.39, 0.29) is 0 Å². The Balaban J connectivity index is 1.93. The van der Waals surface area contributed by atoms with Crippen LogP contribution >= 0.6 is 15.9 Å². The summed E-state index contributed by atoms with van der Waals surface area (Å²) >= 11 is 3.57. The first-order valence-electron chi connectivity index (χ1n) is 7.10. The Bertz CT molecular complexity index is 414. The predicted molar refractivity (Wildman–Crippen MR) is 78.0 cm³/mol. The van der Waals surface area contributed by atoms with Crippen LogP contribution in [0.3, 0.4) is 0 Å². The van der Waals surface area contributed by atoms with Crippen LogP contribution in [0.15, 0.2) is 4.47 Å². The third kappa shape index (κ3) is 3.58. The fraction of sp³-hybridized carbons (Fsp3) is 0.786. The molecule has 1 atom stereocenters. The molecular weight excluding hydrogens is 308 g/mol. The van der Waals surface area contributed by atoms with Crippen LogP contribution in [-0.2, 0) is 18.2 Å². The molecule has 2 rings (SSSR count). The van der Waals surface area contributed by atoms with Crippen LogP contribution in [0, 0.1) is 5.92 Å². The maximum absolute atomic E-state index is 10.3. The zero-order chi connectivity index (χ0) is 13.8. The Hall–Kier alpha value is -0.390. The molecule has 0 aromatic carbocycles. The van der Waals surface area contributed by atoms with Crippen LogP contribution in [0.2, 0.25) is 0 Å². The summed E-state index contributed by atoms with van der Waals surface area (Å²) in [6.45, 7) is 3.84. The maximum Gasteiger partial charge on any atom is 0.105 e. The van der Waals surface area contributed by atoms with E-state index in [1.54, 1.807) is 0 Å². The molecule has 1 aromatic heterocycles. The SMILES string of the molecule is CCc1c(Br)c(C(O)CCC2CCOCC2)nn1C. The summed E-state index contributed by atoms with van der Waals surface area (Å²) in [6, 6.07) is 0. The number of aryl methyl sites for hydroxylation is 1. The van der Waals surface area contributed by atoms with E-state index >= 15 is 0 Å². The molecule has 4 nitrogen and oxygen atoms in total. The molecule has 1 fully saturated rings. The van der Waals surface area contributed by atoms with E-state index in [0.29, 0.717) is 5.92 Å². The molecule has 1 aromatic rings. The molecule has 2 heterocycles. The van der Waals surface area contributed by atoms with E-state index in [1.165, 1.54) is 0 Å². The van der Waals surface area contributed by atoms with Gasteiger partial charge in [-0.2, -0.15) is 5.10 Å². The molecule has 0 bridgehead atoms. The van der Waals surface area contributed by atoms with E-state index < -0.39 is 6.10 Å². The van der Waals surface area contributed by atoms with Crippen LogP contribution in [0.25, 0.3) is 0 Å². The molecule has 0 amide bonds. The van der Waals surface area contributed by atoms with E-state index in [4.69, 9.17) is 4.74 Å². The molecule has 19 heavy (non-hydrogen) atoms. The first-order chi connectivity index (χ1) is 9.13. The summed E-state index contributed by atoms with van der Waals surface area (Å²) in [6.07, 6.45) is 4.52. The van der Waals surface area contributed by atoms with Crippen molar-refractivity contribution < 1.29 is 9.84 Å². The summed E-state index contributed by atoms with van der Waals surface area (Å²) in [7, 11) is 1.93. The van der Waals surface area contributed by atoms with Crippen molar-refractivity contribution in [3.8, 4) is 0 Å². The van der Waals surface area contributed by atoms with Gasteiger partial charge in [0.2, 0.25) is 0 Å². The summed E-state index contributed by atoms with van der Waals surface area (Å²) in [4.78, 5) is 0. The fourth-order valence-electron chi connectivity index (χ4n) is 2.72. The second-order valence-electron chi connectivity index (χ2n) is 5.27. The number of aliphatic hydroxyl groups is 1. The number of nitrogens with zero attached hydrogens (tertiary/aromatic N) is 2. The zero-order valence-electron chi connectivity index (χ0n) is 11.7.